The fourth-order valence-corrected chi connectivity index (χ4v) is 2.44. The highest BCUT2D eigenvalue weighted by molar-refractivity contribution is 5.94. The normalized spacial score (nSPS) is 12.6. The molecular weight excluding hydrogens is 284 g/mol. The van der Waals surface area contributed by atoms with Crippen molar-refractivity contribution >= 4 is 17.3 Å². The number of benzene rings is 1. The second-order valence-corrected chi connectivity index (χ2v) is 5.68. The van der Waals surface area contributed by atoms with Crippen LogP contribution in [0.1, 0.15) is 52.5 Å². The second-order valence-electron chi connectivity index (χ2n) is 5.68. The van der Waals surface area contributed by atoms with E-state index in [0.717, 1.165) is 42.0 Å². The summed E-state index contributed by atoms with van der Waals surface area (Å²) in [6.45, 7) is 11.7. The molecule has 0 aromatic heterocycles. The number of ketones is 1. The Labute approximate surface area is 140 Å². The Morgan fingerprint density at radius 2 is 1.87 bits per heavy atom. The average Bonchev–Trinajstić information content (AvgIpc) is 2.52. The summed E-state index contributed by atoms with van der Waals surface area (Å²) in [7, 11) is 0. The first kappa shape index (κ1) is 18.9. The van der Waals surface area contributed by atoms with Gasteiger partial charge in [-0.2, -0.15) is 0 Å². The van der Waals surface area contributed by atoms with Crippen LogP contribution in [-0.4, -0.2) is 11.6 Å². The summed E-state index contributed by atoms with van der Waals surface area (Å²) in [6, 6.07) is 7.90. The maximum Gasteiger partial charge on any atom is 0.134 e. The van der Waals surface area contributed by atoms with Crippen molar-refractivity contribution in [2.24, 2.45) is 4.99 Å². The molecule has 1 aromatic rings. The van der Waals surface area contributed by atoms with E-state index in [9.17, 15) is 4.79 Å². The predicted octanol–water partition coefficient (Wildman–Crippen LogP) is 5.30. The molecule has 0 saturated heterocycles. The number of Topliss-reactive ketones (excluding diaryl/α,β-unsaturated/α-hetero) is 1. The predicted molar refractivity (Wildman–Crippen MR) is 100.0 cm³/mol. The SMILES string of the molecule is C=C/C(CCC)=C(/CC)N=C(C)Nc1ccc(CC(C)=O)cc1. The number of amidine groups is 1. The highest BCUT2D eigenvalue weighted by atomic mass is 16.1. The van der Waals surface area contributed by atoms with Gasteiger partial charge in [-0.1, -0.05) is 45.1 Å². The molecule has 0 aliphatic rings. The first-order valence-corrected chi connectivity index (χ1v) is 8.25. The highest BCUT2D eigenvalue weighted by Crippen LogP contribution is 2.17. The Morgan fingerprint density at radius 3 is 2.35 bits per heavy atom. The molecule has 0 bridgehead atoms. The molecule has 124 valence electrons. The zero-order chi connectivity index (χ0) is 17.2. The summed E-state index contributed by atoms with van der Waals surface area (Å²) in [5.74, 6) is 1.03. The molecule has 0 saturated carbocycles. The molecule has 0 fully saturated rings. The Kier molecular flexibility index (Phi) is 8.03. The van der Waals surface area contributed by atoms with E-state index in [1.807, 2.05) is 37.3 Å². The van der Waals surface area contributed by atoms with Gasteiger partial charge in [0.05, 0.1) is 0 Å². The minimum absolute atomic E-state index is 0.175. The molecule has 0 atom stereocenters. The number of nitrogens with one attached hydrogen (secondary N) is 1. The van der Waals surface area contributed by atoms with Gasteiger partial charge in [-0.15, -0.1) is 0 Å². The Morgan fingerprint density at radius 1 is 1.22 bits per heavy atom. The molecule has 0 aliphatic carbocycles. The van der Waals surface area contributed by atoms with E-state index < -0.39 is 0 Å². The summed E-state index contributed by atoms with van der Waals surface area (Å²) in [6.07, 6.45) is 5.37. The summed E-state index contributed by atoms with van der Waals surface area (Å²) in [4.78, 5) is 15.8. The van der Waals surface area contributed by atoms with E-state index in [-0.39, 0.29) is 5.78 Å². The third kappa shape index (κ3) is 6.64. The van der Waals surface area contributed by atoms with Crippen LogP contribution >= 0.6 is 0 Å². The van der Waals surface area contributed by atoms with Crippen LogP contribution in [0.2, 0.25) is 0 Å². The lowest BCUT2D eigenvalue weighted by Crippen LogP contribution is -2.08. The molecule has 3 heteroatoms. The van der Waals surface area contributed by atoms with E-state index in [2.05, 4.69) is 25.7 Å². The fourth-order valence-electron chi connectivity index (χ4n) is 2.44. The Balaban J connectivity index is 2.86. The van der Waals surface area contributed by atoms with Gasteiger partial charge in [-0.05, 0) is 50.0 Å². The third-order valence-electron chi connectivity index (χ3n) is 3.51. The summed E-state index contributed by atoms with van der Waals surface area (Å²) < 4.78 is 0. The van der Waals surface area contributed by atoms with Gasteiger partial charge in [0.1, 0.15) is 11.6 Å². The van der Waals surface area contributed by atoms with Crippen LogP contribution < -0.4 is 5.32 Å². The maximum absolute atomic E-state index is 11.1. The fraction of sp³-hybridized carbons (Fsp3) is 0.400. The van der Waals surface area contributed by atoms with Crippen LogP contribution in [0.3, 0.4) is 0 Å². The van der Waals surface area contributed by atoms with E-state index >= 15 is 0 Å². The van der Waals surface area contributed by atoms with E-state index in [0.29, 0.717) is 6.42 Å². The molecule has 0 heterocycles. The quantitative estimate of drug-likeness (QED) is 0.402. The monoisotopic (exact) mass is 312 g/mol. The first-order chi connectivity index (χ1) is 11.0. The standard InChI is InChI=1S/C20H28N2O/c1-6-9-18(7-2)20(8-3)22-16(5)21-19-12-10-17(11-13-19)14-15(4)23/h7,10-13H,2,6,8-9,14H2,1,3-5H3,(H,21,22)/b20-18+. The smallest absolute Gasteiger partial charge is 0.134 e. The number of hydrogen-bond acceptors (Lipinski definition) is 2. The molecule has 1 aromatic carbocycles. The van der Waals surface area contributed by atoms with Gasteiger partial charge in [0.25, 0.3) is 0 Å². The third-order valence-corrected chi connectivity index (χ3v) is 3.51. The minimum Gasteiger partial charge on any atom is -0.344 e. The van der Waals surface area contributed by atoms with Crippen LogP contribution in [-0.2, 0) is 11.2 Å². The topological polar surface area (TPSA) is 41.5 Å². The second kappa shape index (κ2) is 9.78. The number of rotatable bonds is 8. The number of carbonyl (C=O) groups is 1. The average molecular weight is 312 g/mol. The van der Waals surface area contributed by atoms with Crippen LogP contribution in [0.15, 0.2) is 53.2 Å². The lowest BCUT2D eigenvalue weighted by atomic mass is 10.1. The van der Waals surface area contributed by atoms with Crippen LogP contribution in [0.5, 0.6) is 0 Å². The van der Waals surface area contributed by atoms with Crippen LogP contribution in [0, 0.1) is 0 Å². The van der Waals surface area contributed by atoms with Gasteiger partial charge in [0, 0.05) is 17.8 Å². The number of anilines is 1. The Hall–Kier alpha value is -2.16. The number of aliphatic imine (C=N–C) groups is 1. The summed E-state index contributed by atoms with van der Waals surface area (Å²) in [5.41, 5.74) is 4.31. The van der Waals surface area contributed by atoms with E-state index in [1.54, 1.807) is 6.92 Å². The van der Waals surface area contributed by atoms with E-state index in [4.69, 9.17) is 4.99 Å². The molecule has 0 radical (unpaired) electrons. The summed E-state index contributed by atoms with van der Waals surface area (Å²) >= 11 is 0. The maximum atomic E-state index is 11.1. The van der Waals surface area contributed by atoms with Crippen LogP contribution in [0.25, 0.3) is 0 Å². The number of hydrogen-bond donors (Lipinski definition) is 1. The van der Waals surface area contributed by atoms with Gasteiger partial charge in [-0.25, -0.2) is 4.99 Å². The van der Waals surface area contributed by atoms with Gasteiger partial charge >= 0.3 is 0 Å². The number of nitrogens with zero attached hydrogens (tertiary/aromatic N) is 1. The first-order valence-electron chi connectivity index (χ1n) is 8.25. The van der Waals surface area contributed by atoms with Crippen molar-refractivity contribution < 1.29 is 4.79 Å². The lowest BCUT2D eigenvalue weighted by molar-refractivity contribution is -0.116. The van der Waals surface area contributed by atoms with Crippen LogP contribution in [0.4, 0.5) is 5.69 Å². The molecule has 0 amide bonds. The van der Waals surface area contributed by atoms with Crippen molar-refractivity contribution in [2.45, 2.75) is 53.4 Å². The molecule has 3 nitrogen and oxygen atoms in total. The number of carbonyl (C=O) groups excluding carboxylic acids is 1. The molecule has 0 spiro atoms. The van der Waals surface area contributed by atoms with Crippen molar-refractivity contribution in [1.82, 2.24) is 0 Å². The van der Waals surface area contributed by atoms with Gasteiger partial charge in [0.15, 0.2) is 0 Å². The molecule has 0 aliphatic heterocycles. The van der Waals surface area contributed by atoms with Crippen molar-refractivity contribution in [3.05, 3.63) is 53.8 Å². The molecule has 1 N–H and O–H groups in total. The van der Waals surface area contributed by atoms with Crippen molar-refractivity contribution in [3.63, 3.8) is 0 Å². The van der Waals surface area contributed by atoms with Gasteiger partial charge < -0.3 is 5.32 Å². The zero-order valence-corrected chi connectivity index (χ0v) is 14.8. The summed E-state index contributed by atoms with van der Waals surface area (Å²) in [5, 5.41) is 3.30. The molecule has 1 rings (SSSR count). The Bertz CT molecular complexity index is 595. The van der Waals surface area contributed by atoms with Gasteiger partial charge in [-0.3, -0.25) is 4.79 Å². The lowest BCUT2D eigenvalue weighted by Gasteiger charge is -2.10. The molecule has 23 heavy (non-hydrogen) atoms. The largest absolute Gasteiger partial charge is 0.344 e. The molecule has 0 unspecified atom stereocenters. The zero-order valence-electron chi connectivity index (χ0n) is 14.8. The van der Waals surface area contributed by atoms with Gasteiger partial charge in [0.2, 0.25) is 0 Å². The van der Waals surface area contributed by atoms with Crippen molar-refractivity contribution in [3.8, 4) is 0 Å². The van der Waals surface area contributed by atoms with Crippen molar-refractivity contribution in [1.29, 1.82) is 0 Å². The van der Waals surface area contributed by atoms with Crippen molar-refractivity contribution in [2.75, 3.05) is 5.32 Å². The minimum atomic E-state index is 0.175. The number of allylic oxidation sites excluding steroid dienone is 3. The highest BCUT2D eigenvalue weighted by Gasteiger charge is 2.03. The van der Waals surface area contributed by atoms with E-state index in [1.165, 1.54) is 5.57 Å². The molecular formula is C20H28N2O.